The highest BCUT2D eigenvalue weighted by Crippen LogP contribution is 2.29. The second kappa shape index (κ2) is 15.7. The Balaban J connectivity index is 0.000000160. The number of nitrogens with two attached hydrogens (primary N) is 1. The maximum absolute atomic E-state index is 14.1. The topological polar surface area (TPSA) is 194 Å². The van der Waals surface area contributed by atoms with E-state index in [4.69, 9.17) is 10.5 Å². The zero-order chi connectivity index (χ0) is 39.5. The van der Waals surface area contributed by atoms with E-state index in [1.807, 2.05) is 12.1 Å². The van der Waals surface area contributed by atoms with Gasteiger partial charge in [-0.05, 0) is 43.3 Å². The number of amides is 1. The summed E-state index contributed by atoms with van der Waals surface area (Å²) in [6, 6.07) is 20.4. The number of nitrogens with zero attached hydrogens (tertiary/aromatic N) is 10. The highest BCUT2D eigenvalue weighted by molar-refractivity contribution is 5.98. The minimum Gasteiger partial charge on any atom is -0.466 e. The first-order chi connectivity index (χ1) is 27.7. The molecule has 1 aliphatic heterocycles. The summed E-state index contributed by atoms with van der Waals surface area (Å²) >= 11 is 0. The summed E-state index contributed by atoms with van der Waals surface area (Å²) in [5.41, 5.74) is 10.5. The number of carbonyl (C=O) groups excluding carboxylic acids is 2. The third-order valence-corrected chi connectivity index (χ3v) is 9.01. The fraction of sp³-hybridized carbons (Fsp3) is 0.150. The molecule has 0 aliphatic carbocycles. The number of fused-ring (bicyclic) bond motifs is 3. The van der Waals surface area contributed by atoms with E-state index in [-0.39, 0.29) is 55.9 Å². The molecule has 8 aromatic rings. The van der Waals surface area contributed by atoms with Crippen molar-refractivity contribution in [3.63, 3.8) is 0 Å². The van der Waals surface area contributed by atoms with Gasteiger partial charge in [0.15, 0.2) is 22.9 Å². The van der Waals surface area contributed by atoms with Gasteiger partial charge in [-0.15, -0.1) is 0 Å². The van der Waals surface area contributed by atoms with Crippen molar-refractivity contribution >= 4 is 45.6 Å². The minimum atomic E-state index is -0.399. The molecule has 9 rings (SSSR count). The van der Waals surface area contributed by atoms with E-state index >= 15 is 0 Å². The molecule has 1 aliphatic rings. The largest absolute Gasteiger partial charge is 0.466 e. The Labute approximate surface area is 322 Å². The molecule has 0 spiro atoms. The van der Waals surface area contributed by atoms with Crippen molar-refractivity contribution in [2.45, 2.75) is 32.9 Å². The average molecular weight is 767 g/mol. The van der Waals surface area contributed by atoms with Gasteiger partial charge in [-0.25, -0.2) is 48.0 Å². The zero-order valence-corrected chi connectivity index (χ0v) is 30.3. The Morgan fingerprint density at radius 1 is 0.754 bits per heavy atom. The van der Waals surface area contributed by atoms with Crippen LogP contribution in [0.25, 0.3) is 45.1 Å². The van der Waals surface area contributed by atoms with Crippen molar-refractivity contribution in [1.82, 2.24) is 49.5 Å². The molecule has 284 valence electrons. The molecule has 7 heterocycles. The number of halogens is 2. The number of hydrogen-bond donors (Lipinski definition) is 2. The van der Waals surface area contributed by atoms with Crippen LogP contribution in [0.4, 0.5) is 20.4 Å². The number of nitrogen functional groups attached to an aromatic ring is 1. The number of benzene rings is 2. The van der Waals surface area contributed by atoms with Crippen molar-refractivity contribution in [1.29, 1.82) is 0 Å². The number of pyridine rings is 2. The van der Waals surface area contributed by atoms with Gasteiger partial charge in [0.05, 0.1) is 43.3 Å². The molecule has 0 unspecified atom stereocenters. The standard InChI is InChI=1S/C21H19FN6O2.C19H13FN6O/c1-2-30-17(29)10-14-11-25-20(26-19(14)23)18-15-7-5-9-24-21(15)28(27-18)12-13-6-3-4-8-16(13)22;20-14-6-2-1-4-11(14)10-26-19-13(5-3-7-21-19)16(25-26)18-22-9-12-8-15(27)23-17(12)24-18/h3-9,11H,2,10,12H2,1H3,(H2,23,25,26);1-7,9H,8,10H2,(H,22,23,24,27). The summed E-state index contributed by atoms with van der Waals surface area (Å²) in [6.07, 6.45) is 6.70. The fourth-order valence-electron chi connectivity index (χ4n) is 6.29. The van der Waals surface area contributed by atoms with Crippen LogP contribution in [0.3, 0.4) is 0 Å². The van der Waals surface area contributed by atoms with Crippen molar-refractivity contribution < 1.29 is 23.1 Å². The Morgan fingerprint density at radius 3 is 1.88 bits per heavy atom. The molecule has 3 N–H and O–H groups in total. The lowest BCUT2D eigenvalue weighted by molar-refractivity contribution is -0.142. The molecule has 0 saturated carbocycles. The van der Waals surface area contributed by atoms with E-state index < -0.39 is 5.97 Å². The molecule has 1 amide bonds. The van der Waals surface area contributed by atoms with E-state index in [0.29, 0.717) is 62.2 Å². The summed E-state index contributed by atoms with van der Waals surface area (Å²) in [5, 5.41) is 13.4. The molecule has 17 heteroatoms. The van der Waals surface area contributed by atoms with Gasteiger partial charge in [0.2, 0.25) is 5.91 Å². The van der Waals surface area contributed by atoms with Gasteiger partial charge in [-0.3, -0.25) is 9.59 Å². The fourth-order valence-corrected chi connectivity index (χ4v) is 6.29. The molecular formula is C40H32F2N12O3. The van der Waals surface area contributed by atoms with Crippen molar-refractivity contribution in [2.24, 2.45) is 0 Å². The molecule has 15 nitrogen and oxygen atoms in total. The number of hydrogen-bond acceptors (Lipinski definition) is 12. The van der Waals surface area contributed by atoms with Crippen LogP contribution in [0.2, 0.25) is 0 Å². The zero-order valence-electron chi connectivity index (χ0n) is 30.3. The lowest BCUT2D eigenvalue weighted by Crippen LogP contribution is -2.11. The van der Waals surface area contributed by atoms with E-state index in [9.17, 15) is 18.4 Å². The molecule has 6 aromatic heterocycles. The summed E-state index contributed by atoms with van der Waals surface area (Å²) in [6.45, 7) is 2.46. The van der Waals surface area contributed by atoms with Crippen molar-refractivity contribution in [3.05, 3.63) is 131 Å². The normalized spacial score (nSPS) is 11.9. The van der Waals surface area contributed by atoms with Crippen LogP contribution in [0.5, 0.6) is 0 Å². The quantitative estimate of drug-likeness (QED) is 0.180. The van der Waals surface area contributed by atoms with Gasteiger partial charge >= 0.3 is 5.97 Å². The summed E-state index contributed by atoms with van der Waals surface area (Å²) in [7, 11) is 0. The van der Waals surface area contributed by atoms with Crippen LogP contribution in [0, 0.1) is 11.6 Å². The van der Waals surface area contributed by atoms with Gasteiger partial charge < -0.3 is 15.8 Å². The monoisotopic (exact) mass is 766 g/mol. The Kier molecular flexibility index (Phi) is 10.0. The first-order valence-electron chi connectivity index (χ1n) is 17.8. The van der Waals surface area contributed by atoms with Crippen molar-refractivity contribution in [3.8, 4) is 23.0 Å². The Morgan fingerprint density at radius 2 is 1.32 bits per heavy atom. The molecule has 0 bridgehead atoms. The molecule has 2 aromatic carbocycles. The molecular weight excluding hydrogens is 735 g/mol. The van der Waals surface area contributed by atoms with Gasteiger partial charge in [0.25, 0.3) is 0 Å². The Hall–Kier alpha value is -7.56. The average Bonchev–Trinajstić information content (AvgIpc) is 3.90. The van der Waals surface area contributed by atoms with Gasteiger partial charge in [0.1, 0.15) is 34.7 Å². The smallest absolute Gasteiger partial charge is 0.310 e. The lowest BCUT2D eigenvalue weighted by atomic mass is 10.2. The summed E-state index contributed by atoms with van der Waals surface area (Å²) < 4.78 is 36.4. The summed E-state index contributed by atoms with van der Waals surface area (Å²) in [5.74, 6) is 0.251. The molecule has 0 radical (unpaired) electrons. The lowest BCUT2D eigenvalue weighted by Gasteiger charge is -2.06. The second-order valence-electron chi connectivity index (χ2n) is 12.8. The number of ether oxygens (including phenoxy) is 1. The van der Waals surface area contributed by atoms with Crippen LogP contribution in [-0.4, -0.2) is 67.9 Å². The maximum atomic E-state index is 14.1. The number of anilines is 2. The first-order valence-corrected chi connectivity index (χ1v) is 17.8. The molecule has 0 atom stereocenters. The number of nitrogens with one attached hydrogen (secondary N) is 1. The molecule has 0 fully saturated rings. The van der Waals surface area contributed by atoms with E-state index in [0.717, 1.165) is 10.9 Å². The van der Waals surface area contributed by atoms with Crippen LogP contribution in [0.15, 0.2) is 97.6 Å². The summed E-state index contributed by atoms with van der Waals surface area (Å²) in [4.78, 5) is 49.5. The van der Waals surface area contributed by atoms with Gasteiger partial charge in [0, 0.05) is 47.0 Å². The SMILES string of the molecule is CCOC(=O)Cc1cnc(-c2nn(Cc3ccccc3F)c3ncccc23)nc1N.O=C1Cc2cnc(-c3nn(Cc4ccccc4F)c4ncccc34)nc2N1. The van der Waals surface area contributed by atoms with E-state index in [1.54, 1.807) is 83.4 Å². The third-order valence-electron chi connectivity index (χ3n) is 9.01. The maximum Gasteiger partial charge on any atom is 0.310 e. The minimum absolute atomic E-state index is 0.00994. The van der Waals surface area contributed by atoms with Gasteiger partial charge in [-0.1, -0.05) is 36.4 Å². The predicted molar refractivity (Wildman–Crippen MR) is 205 cm³/mol. The highest BCUT2D eigenvalue weighted by Gasteiger charge is 2.23. The second-order valence-corrected chi connectivity index (χ2v) is 12.8. The third kappa shape index (κ3) is 7.57. The van der Waals surface area contributed by atoms with Gasteiger partial charge in [-0.2, -0.15) is 10.2 Å². The van der Waals surface area contributed by atoms with Crippen molar-refractivity contribution in [2.75, 3.05) is 17.7 Å². The first kappa shape index (κ1) is 36.4. The van der Waals surface area contributed by atoms with E-state index in [2.05, 4.69) is 45.4 Å². The number of esters is 1. The van der Waals surface area contributed by atoms with Crippen LogP contribution < -0.4 is 11.1 Å². The van der Waals surface area contributed by atoms with Crippen LogP contribution >= 0.6 is 0 Å². The molecule has 57 heavy (non-hydrogen) atoms. The number of aromatic nitrogens is 10. The van der Waals surface area contributed by atoms with Crippen LogP contribution in [0.1, 0.15) is 29.2 Å². The Bertz CT molecular complexity index is 2810. The van der Waals surface area contributed by atoms with E-state index in [1.165, 1.54) is 18.3 Å². The van der Waals surface area contributed by atoms with Crippen LogP contribution in [-0.2, 0) is 40.3 Å². The number of rotatable bonds is 9. The predicted octanol–water partition coefficient (Wildman–Crippen LogP) is 5.33. The number of carbonyl (C=O) groups is 2. The highest BCUT2D eigenvalue weighted by atomic mass is 19.1. The molecule has 0 saturated heterocycles.